The summed E-state index contributed by atoms with van der Waals surface area (Å²) < 4.78 is 5.89. The second-order valence-corrected chi connectivity index (χ2v) is 8.25. The number of rotatable bonds is 8. The molecule has 0 aliphatic rings. The molecule has 146 valence electrons. The smallest absolute Gasteiger partial charge is 0.261 e. The predicted molar refractivity (Wildman–Crippen MR) is 113 cm³/mol. The average molecular weight is 388 g/mol. The second-order valence-electron chi connectivity index (χ2n) is 7.81. The number of hydrogen-bond donors (Lipinski definition) is 1. The Kier molecular flexibility index (Phi) is 7.73. The third-order valence-electron chi connectivity index (χ3n) is 4.52. The Bertz CT molecular complexity index is 718. The normalized spacial score (nSPS) is 12.5. The zero-order valence-corrected chi connectivity index (χ0v) is 17.5. The molecule has 4 heteroatoms. The maximum absolute atomic E-state index is 12.4. The Morgan fingerprint density at radius 3 is 2.26 bits per heavy atom. The highest BCUT2D eigenvalue weighted by atomic mass is 35.5. The molecule has 0 radical (unpaired) electrons. The van der Waals surface area contributed by atoms with Gasteiger partial charge in [0, 0.05) is 11.6 Å². The summed E-state index contributed by atoms with van der Waals surface area (Å²) in [5, 5.41) is 3.72. The number of hydrogen-bond acceptors (Lipinski definition) is 2. The lowest BCUT2D eigenvalue weighted by Crippen LogP contribution is -2.38. The number of ether oxygens (including phenoxy) is 1. The molecule has 1 atom stereocenters. The molecular weight excluding hydrogens is 358 g/mol. The van der Waals surface area contributed by atoms with Crippen LogP contribution in [-0.2, 0) is 16.6 Å². The van der Waals surface area contributed by atoms with Crippen LogP contribution in [0.15, 0.2) is 48.5 Å². The second kappa shape index (κ2) is 9.80. The lowest BCUT2D eigenvalue weighted by molar-refractivity contribution is -0.128. The van der Waals surface area contributed by atoms with Crippen molar-refractivity contribution in [2.45, 2.75) is 58.5 Å². The van der Waals surface area contributed by atoms with Crippen LogP contribution < -0.4 is 10.1 Å². The molecule has 1 N–H and O–H groups in total. The zero-order valence-electron chi connectivity index (χ0n) is 16.7. The van der Waals surface area contributed by atoms with Gasteiger partial charge in [-0.25, -0.2) is 0 Å². The molecule has 2 aromatic carbocycles. The summed E-state index contributed by atoms with van der Waals surface area (Å²) in [4.78, 5) is 12.4. The van der Waals surface area contributed by atoms with Crippen molar-refractivity contribution >= 4 is 17.5 Å². The van der Waals surface area contributed by atoms with Crippen molar-refractivity contribution in [2.24, 2.45) is 0 Å². The van der Waals surface area contributed by atoms with Crippen molar-refractivity contribution < 1.29 is 9.53 Å². The highest BCUT2D eigenvalue weighted by Crippen LogP contribution is 2.24. The lowest BCUT2D eigenvalue weighted by Gasteiger charge is -2.21. The van der Waals surface area contributed by atoms with Crippen molar-refractivity contribution in [1.29, 1.82) is 0 Å². The summed E-state index contributed by atoms with van der Waals surface area (Å²) in [6.07, 6.45) is 1.94. The van der Waals surface area contributed by atoms with E-state index in [4.69, 9.17) is 16.3 Å². The molecule has 2 rings (SSSR count). The van der Waals surface area contributed by atoms with Crippen LogP contribution in [-0.4, -0.2) is 18.6 Å². The van der Waals surface area contributed by atoms with Crippen LogP contribution in [0.4, 0.5) is 0 Å². The maximum Gasteiger partial charge on any atom is 0.261 e. The third kappa shape index (κ3) is 6.91. The van der Waals surface area contributed by atoms with E-state index in [1.807, 2.05) is 43.3 Å². The Balaban J connectivity index is 1.80. The summed E-state index contributed by atoms with van der Waals surface area (Å²) in [5.74, 6) is 0.666. The molecule has 0 heterocycles. The van der Waals surface area contributed by atoms with E-state index in [1.165, 1.54) is 11.1 Å². The van der Waals surface area contributed by atoms with Gasteiger partial charge in [-0.3, -0.25) is 4.79 Å². The lowest BCUT2D eigenvalue weighted by atomic mass is 9.87. The first-order valence-corrected chi connectivity index (χ1v) is 9.96. The third-order valence-corrected chi connectivity index (χ3v) is 4.77. The summed E-state index contributed by atoms with van der Waals surface area (Å²) in [7, 11) is 0. The van der Waals surface area contributed by atoms with E-state index >= 15 is 0 Å². The van der Waals surface area contributed by atoms with Crippen molar-refractivity contribution in [3.05, 3.63) is 64.7 Å². The van der Waals surface area contributed by atoms with Crippen molar-refractivity contribution in [3.63, 3.8) is 0 Å². The fourth-order valence-corrected chi connectivity index (χ4v) is 2.92. The highest BCUT2D eigenvalue weighted by molar-refractivity contribution is 6.30. The number of aryl methyl sites for hydroxylation is 1. The standard InChI is InChI=1S/C23H30ClNO2/c1-5-21(27-20-14-10-18(11-15-20)23(2,3)4)22(26)25-16-6-7-17-8-12-19(24)13-9-17/h8-15,21H,5-7,16H2,1-4H3,(H,25,26). The molecule has 1 unspecified atom stereocenters. The van der Waals surface area contributed by atoms with Gasteiger partial charge < -0.3 is 10.1 Å². The number of carbonyl (C=O) groups excluding carboxylic acids is 1. The molecule has 2 aromatic rings. The van der Waals surface area contributed by atoms with Crippen LogP contribution in [0.1, 0.15) is 51.7 Å². The van der Waals surface area contributed by atoms with E-state index in [2.05, 4.69) is 38.2 Å². The quantitative estimate of drug-likeness (QED) is 0.603. The maximum atomic E-state index is 12.4. The molecule has 0 aliphatic carbocycles. The van der Waals surface area contributed by atoms with Crippen LogP contribution in [0.5, 0.6) is 5.75 Å². The van der Waals surface area contributed by atoms with Gasteiger partial charge in [0.2, 0.25) is 0 Å². The van der Waals surface area contributed by atoms with Crippen LogP contribution in [0.25, 0.3) is 0 Å². The van der Waals surface area contributed by atoms with Gasteiger partial charge in [-0.15, -0.1) is 0 Å². The molecule has 0 saturated carbocycles. The minimum atomic E-state index is -0.471. The first-order chi connectivity index (χ1) is 12.8. The summed E-state index contributed by atoms with van der Waals surface area (Å²) >= 11 is 5.89. The molecule has 0 fully saturated rings. The highest BCUT2D eigenvalue weighted by Gasteiger charge is 2.18. The molecule has 0 spiro atoms. The first-order valence-electron chi connectivity index (χ1n) is 9.59. The molecule has 0 aliphatic heterocycles. The van der Waals surface area contributed by atoms with Crippen molar-refractivity contribution in [1.82, 2.24) is 5.32 Å². The van der Waals surface area contributed by atoms with Crippen LogP contribution in [0.3, 0.4) is 0 Å². The van der Waals surface area contributed by atoms with E-state index in [0.717, 1.165) is 23.6 Å². The molecular formula is C23H30ClNO2. The van der Waals surface area contributed by atoms with Gasteiger partial charge in [-0.2, -0.15) is 0 Å². The van der Waals surface area contributed by atoms with E-state index in [9.17, 15) is 4.79 Å². The van der Waals surface area contributed by atoms with Gasteiger partial charge in [-0.05, 0) is 60.1 Å². The monoisotopic (exact) mass is 387 g/mol. The molecule has 1 amide bonds. The molecule has 27 heavy (non-hydrogen) atoms. The van der Waals surface area contributed by atoms with Crippen molar-refractivity contribution in [3.8, 4) is 5.75 Å². The Morgan fingerprint density at radius 1 is 1.07 bits per heavy atom. The fraction of sp³-hybridized carbons (Fsp3) is 0.435. The van der Waals surface area contributed by atoms with Gasteiger partial charge in [0.1, 0.15) is 5.75 Å². The Hall–Kier alpha value is -2.00. The predicted octanol–water partition coefficient (Wildman–Crippen LogP) is 5.54. The zero-order chi connectivity index (χ0) is 19.9. The Labute approximate surface area is 168 Å². The van der Waals surface area contributed by atoms with Gasteiger partial charge in [-0.1, -0.05) is 63.6 Å². The SMILES string of the molecule is CCC(Oc1ccc(C(C)(C)C)cc1)C(=O)NCCCc1ccc(Cl)cc1. The van der Waals surface area contributed by atoms with E-state index in [-0.39, 0.29) is 11.3 Å². The summed E-state index contributed by atoms with van der Waals surface area (Å²) in [6.45, 7) is 9.12. The van der Waals surface area contributed by atoms with Crippen LogP contribution >= 0.6 is 11.6 Å². The van der Waals surface area contributed by atoms with Crippen LogP contribution in [0, 0.1) is 0 Å². The molecule has 0 aromatic heterocycles. The minimum Gasteiger partial charge on any atom is -0.481 e. The van der Waals surface area contributed by atoms with E-state index in [0.29, 0.717) is 13.0 Å². The number of benzene rings is 2. The number of carbonyl (C=O) groups is 1. The minimum absolute atomic E-state index is 0.0616. The Morgan fingerprint density at radius 2 is 1.70 bits per heavy atom. The van der Waals surface area contributed by atoms with Crippen LogP contribution in [0.2, 0.25) is 5.02 Å². The number of amides is 1. The summed E-state index contributed by atoms with van der Waals surface area (Å²) in [5.41, 5.74) is 2.56. The van der Waals surface area contributed by atoms with Crippen molar-refractivity contribution in [2.75, 3.05) is 6.54 Å². The van der Waals surface area contributed by atoms with Gasteiger partial charge in [0.25, 0.3) is 5.91 Å². The first kappa shape index (κ1) is 21.3. The molecule has 0 saturated heterocycles. The molecule has 0 bridgehead atoms. The number of nitrogens with one attached hydrogen (secondary N) is 1. The van der Waals surface area contributed by atoms with E-state index in [1.54, 1.807) is 0 Å². The van der Waals surface area contributed by atoms with Gasteiger partial charge in [0.05, 0.1) is 0 Å². The van der Waals surface area contributed by atoms with Gasteiger partial charge >= 0.3 is 0 Å². The van der Waals surface area contributed by atoms with E-state index < -0.39 is 6.10 Å². The van der Waals surface area contributed by atoms with Gasteiger partial charge in [0.15, 0.2) is 6.10 Å². The summed E-state index contributed by atoms with van der Waals surface area (Å²) in [6, 6.07) is 15.8. The average Bonchev–Trinajstić information content (AvgIpc) is 2.64. The number of halogens is 1. The largest absolute Gasteiger partial charge is 0.481 e. The fourth-order valence-electron chi connectivity index (χ4n) is 2.79. The topological polar surface area (TPSA) is 38.3 Å². The molecule has 3 nitrogen and oxygen atoms in total.